The molecule has 3 aliphatic rings. The van der Waals surface area contributed by atoms with Crippen molar-refractivity contribution in [1.82, 2.24) is 10.6 Å². The lowest BCUT2D eigenvalue weighted by atomic mass is 9.78. The smallest absolute Gasteiger partial charge is 0.326 e. The second-order valence-corrected chi connectivity index (χ2v) is 7.58. The van der Waals surface area contributed by atoms with Crippen molar-refractivity contribution in [2.45, 2.75) is 37.6 Å². The number of hydrogen-bond acceptors (Lipinski definition) is 3. The number of hydrogen-bond donors (Lipinski definition) is 2. The maximum absolute atomic E-state index is 13.4. The monoisotopic (exact) mass is 363 g/mol. The zero-order chi connectivity index (χ0) is 18.3. The fraction of sp³-hybridized carbons (Fsp3) is 0.579. The molecule has 3 atom stereocenters. The van der Waals surface area contributed by atoms with Crippen LogP contribution in [0.4, 0.5) is 14.5 Å². The number of rotatable bonds is 3. The van der Waals surface area contributed by atoms with E-state index in [4.69, 9.17) is 0 Å². The number of halogens is 2. The summed E-state index contributed by atoms with van der Waals surface area (Å²) in [5, 5.41) is 6.53. The van der Waals surface area contributed by atoms with E-state index in [2.05, 4.69) is 10.6 Å². The standard InChI is InChI=1S/C19H23F2N3O2/c20-19(21)6-8-24(18(19)26)15-3-1-12(2-4-15)9-13-10-14-11-22-7-5-16(14)23-17(13)25/h1-4,13-14,16,22H,5-11H2,(H,23,25). The van der Waals surface area contributed by atoms with Gasteiger partial charge in [0.1, 0.15) is 0 Å². The third-order valence-electron chi connectivity index (χ3n) is 5.83. The van der Waals surface area contributed by atoms with Crippen molar-refractivity contribution in [2.75, 3.05) is 24.5 Å². The van der Waals surface area contributed by atoms with Gasteiger partial charge in [-0.3, -0.25) is 9.59 Å². The van der Waals surface area contributed by atoms with Crippen LogP contribution in [0.3, 0.4) is 0 Å². The van der Waals surface area contributed by atoms with Gasteiger partial charge in [0.15, 0.2) is 0 Å². The molecule has 3 fully saturated rings. The number of benzene rings is 1. The maximum Gasteiger partial charge on any atom is 0.326 e. The number of amides is 2. The van der Waals surface area contributed by atoms with Crippen molar-refractivity contribution in [3.8, 4) is 0 Å². The number of anilines is 1. The molecule has 0 bridgehead atoms. The Morgan fingerprint density at radius 1 is 1.19 bits per heavy atom. The van der Waals surface area contributed by atoms with Crippen LogP contribution < -0.4 is 15.5 Å². The van der Waals surface area contributed by atoms with Crippen LogP contribution in [0, 0.1) is 11.8 Å². The number of nitrogens with zero attached hydrogens (tertiary/aromatic N) is 1. The number of carbonyl (C=O) groups excluding carboxylic acids is 2. The molecule has 0 aromatic heterocycles. The summed E-state index contributed by atoms with van der Waals surface area (Å²) in [4.78, 5) is 25.2. The van der Waals surface area contributed by atoms with E-state index in [1.54, 1.807) is 12.1 Å². The molecule has 0 aliphatic carbocycles. The van der Waals surface area contributed by atoms with E-state index in [1.165, 1.54) is 0 Å². The molecule has 2 N–H and O–H groups in total. The Bertz CT molecular complexity index is 707. The lowest BCUT2D eigenvalue weighted by molar-refractivity contribution is -0.137. The predicted molar refractivity (Wildman–Crippen MR) is 93.1 cm³/mol. The number of nitrogens with one attached hydrogen (secondary N) is 2. The Balaban J connectivity index is 1.41. The van der Waals surface area contributed by atoms with Gasteiger partial charge in [0.2, 0.25) is 5.91 Å². The van der Waals surface area contributed by atoms with Gasteiger partial charge in [-0.15, -0.1) is 0 Å². The van der Waals surface area contributed by atoms with Crippen LogP contribution in [0.2, 0.25) is 0 Å². The Hall–Kier alpha value is -2.02. The van der Waals surface area contributed by atoms with E-state index < -0.39 is 18.3 Å². The van der Waals surface area contributed by atoms with Gasteiger partial charge in [-0.2, -0.15) is 8.78 Å². The van der Waals surface area contributed by atoms with E-state index in [0.717, 1.165) is 36.4 Å². The van der Waals surface area contributed by atoms with Gasteiger partial charge in [0.05, 0.1) is 0 Å². The summed E-state index contributed by atoms with van der Waals surface area (Å²) >= 11 is 0. The quantitative estimate of drug-likeness (QED) is 0.860. The first kappa shape index (κ1) is 17.4. The molecule has 7 heteroatoms. The second kappa shape index (κ2) is 6.61. The van der Waals surface area contributed by atoms with Crippen LogP contribution in [0.25, 0.3) is 0 Å². The minimum atomic E-state index is -3.26. The Morgan fingerprint density at radius 2 is 1.96 bits per heavy atom. The fourth-order valence-electron chi connectivity index (χ4n) is 4.31. The summed E-state index contributed by atoms with van der Waals surface area (Å²) in [6, 6.07) is 7.33. The maximum atomic E-state index is 13.4. The number of alkyl halides is 2. The topological polar surface area (TPSA) is 61.4 Å². The van der Waals surface area contributed by atoms with Crippen LogP contribution in [-0.2, 0) is 16.0 Å². The van der Waals surface area contributed by atoms with Crippen molar-refractivity contribution >= 4 is 17.5 Å². The van der Waals surface area contributed by atoms with Crippen molar-refractivity contribution in [3.05, 3.63) is 29.8 Å². The van der Waals surface area contributed by atoms with Crippen molar-refractivity contribution in [3.63, 3.8) is 0 Å². The van der Waals surface area contributed by atoms with E-state index in [0.29, 0.717) is 18.0 Å². The summed E-state index contributed by atoms with van der Waals surface area (Å²) in [5.74, 6) is -3.89. The lowest BCUT2D eigenvalue weighted by Crippen LogP contribution is -2.56. The predicted octanol–water partition coefficient (Wildman–Crippen LogP) is 1.72. The second-order valence-electron chi connectivity index (χ2n) is 7.58. The van der Waals surface area contributed by atoms with Gasteiger partial charge in [0, 0.05) is 30.6 Å². The molecule has 3 heterocycles. The van der Waals surface area contributed by atoms with Gasteiger partial charge in [-0.1, -0.05) is 12.1 Å². The van der Waals surface area contributed by atoms with E-state index in [1.807, 2.05) is 12.1 Å². The molecule has 1 aromatic rings. The largest absolute Gasteiger partial charge is 0.353 e. The fourth-order valence-corrected chi connectivity index (χ4v) is 4.31. The molecule has 26 heavy (non-hydrogen) atoms. The summed E-state index contributed by atoms with van der Waals surface area (Å²) in [7, 11) is 0. The zero-order valence-electron chi connectivity index (χ0n) is 14.5. The highest BCUT2D eigenvalue weighted by molar-refractivity contribution is 6.00. The van der Waals surface area contributed by atoms with Crippen molar-refractivity contribution in [1.29, 1.82) is 0 Å². The Labute approximate surface area is 151 Å². The third kappa shape index (κ3) is 3.20. The molecule has 0 saturated carbocycles. The molecule has 3 saturated heterocycles. The van der Waals surface area contributed by atoms with Gasteiger partial charge in [0.25, 0.3) is 5.91 Å². The van der Waals surface area contributed by atoms with Gasteiger partial charge in [-0.05, 0) is 56.0 Å². The van der Waals surface area contributed by atoms with Crippen LogP contribution in [-0.4, -0.2) is 43.4 Å². The highest BCUT2D eigenvalue weighted by atomic mass is 19.3. The summed E-state index contributed by atoms with van der Waals surface area (Å²) in [5.41, 5.74) is 1.47. The summed E-state index contributed by atoms with van der Waals surface area (Å²) < 4.78 is 26.8. The first-order chi connectivity index (χ1) is 12.4. The Kier molecular flexibility index (Phi) is 4.42. The molecular formula is C19H23F2N3O2. The molecule has 140 valence electrons. The van der Waals surface area contributed by atoms with E-state index in [9.17, 15) is 18.4 Å². The molecule has 0 radical (unpaired) electrons. The van der Waals surface area contributed by atoms with Crippen molar-refractivity contribution in [2.24, 2.45) is 11.8 Å². The molecule has 0 spiro atoms. The van der Waals surface area contributed by atoms with Gasteiger partial charge in [-0.25, -0.2) is 0 Å². The SMILES string of the molecule is O=C1NC2CCNCC2CC1Cc1ccc(N2CCC(F)(F)C2=O)cc1. The molecule has 3 aliphatic heterocycles. The molecule has 1 aromatic carbocycles. The average molecular weight is 363 g/mol. The zero-order valence-corrected chi connectivity index (χ0v) is 14.5. The van der Waals surface area contributed by atoms with E-state index >= 15 is 0 Å². The number of carbonyl (C=O) groups is 2. The molecule has 5 nitrogen and oxygen atoms in total. The minimum absolute atomic E-state index is 0.0340. The minimum Gasteiger partial charge on any atom is -0.353 e. The molecular weight excluding hydrogens is 340 g/mol. The molecule has 4 rings (SSSR count). The van der Waals surface area contributed by atoms with Crippen LogP contribution in [0.5, 0.6) is 0 Å². The lowest BCUT2D eigenvalue weighted by Gasteiger charge is -2.39. The normalized spacial score (nSPS) is 30.8. The average Bonchev–Trinajstić information content (AvgIpc) is 2.90. The Morgan fingerprint density at radius 3 is 2.65 bits per heavy atom. The number of piperidine rings is 2. The summed E-state index contributed by atoms with van der Waals surface area (Å²) in [6.07, 6.45) is 2.03. The van der Waals surface area contributed by atoms with Gasteiger partial charge >= 0.3 is 5.92 Å². The van der Waals surface area contributed by atoms with Crippen LogP contribution in [0.15, 0.2) is 24.3 Å². The molecule has 3 unspecified atom stereocenters. The van der Waals surface area contributed by atoms with Crippen LogP contribution in [0.1, 0.15) is 24.8 Å². The van der Waals surface area contributed by atoms with Gasteiger partial charge < -0.3 is 15.5 Å². The number of fused-ring (bicyclic) bond motifs is 1. The first-order valence-electron chi connectivity index (χ1n) is 9.24. The third-order valence-corrected chi connectivity index (χ3v) is 5.83. The molecule has 2 amide bonds. The van der Waals surface area contributed by atoms with E-state index in [-0.39, 0.29) is 24.4 Å². The summed E-state index contributed by atoms with van der Waals surface area (Å²) in [6.45, 7) is 1.92. The highest BCUT2D eigenvalue weighted by Crippen LogP contribution is 2.33. The highest BCUT2D eigenvalue weighted by Gasteiger charge is 2.48. The van der Waals surface area contributed by atoms with Crippen molar-refractivity contribution < 1.29 is 18.4 Å². The van der Waals surface area contributed by atoms with Crippen LogP contribution >= 0.6 is 0 Å². The first-order valence-corrected chi connectivity index (χ1v) is 9.24.